The van der Waals surface area contributed by atoms with Crippen LogP contribution in [0.15, 0.2) is 30.3 Å². The fourth-order valence-electron chi connectivity index (χ4n) is 3.42. The van der Waals surface area contributed by atoms with Crippen LogP contribution < -0.4 is 5.32 Å². The van der Waals surface area contributed by atoms with Crippen molar-refractivity contribution in [3.05, 3.63) is 35.9 Å². The summed E-state index contributed by atoms with van der Waals surface area (Å²) in [5.41, 5.74) is 1.04. The predicted molar refractivity (Wildman–Crippen MR) is 84.6 cm³/mol. The molecular weight excluding hydrogens is 288 g/mol. The van der Waals surface area contributed by atoms with Gasteiger partial charge in [0, 0.05) is 13.1 Å². The first-order valence-corrected chi connectivity index (χ1v) is 7.49. The molecule has 2 saturated heterocycles. The molecule has 0 aromatic heterocycles. The maximum atomic E-state index is 12.4. The third-order valence-corrected chi connectivity index (χ3v) is 4.47. The van der Waals surface area contributed by atoms with E-state index in [0.717, 1.165) is 50.9 Å². The lowest BCUT2D eigenvalue weighted by atomic mass is 9.88. The van der Waals surface area contributed by atoms with Gasteiger partial charge < -0.3 is 15.0 Å². The topological polar surface area (TPSA) is 41.6 Å². The van der Waals surface area contributed by atoms with Crippen LogP contribution in [-0.2, 0) is 11.3 Å². The lowest BCUT2D eigenvalue weighted by Crippen LogP contribution is -2.56. The summed E-state index contributed by atoms with van der Waals surface area (Å²) in [7, 11) is 0. The van der Waals surface area contributed by atoms with E-state index >= 15 is 0 Å². The summed E-state index contributed by atoms with van der Waals surface area (Å²) in [6.07, 6.45) is 4.26. The van der Waals surface area contributed by atoms with Crippen LogP contribution in [0.2, 0.25) is 0 Å². The number of hydrogen-bond donors (Lipinski definition) is 1. The number of likely N-dealkylation sites (tertiary alicyclic amines) is 1. The molecule has 1 aromatic carbocycles. The Balaban J connectivity index is 0.00000161. The molecule has 0 radical (unpaired) electrons. The maximum Gasteiger partial charge on any atom is 0.410 e. The van der Waals surface area contributed by atoms with E-state index in [-0.39, 0.29) is 24.0 Å². The van der Waals surface area contributed by atoms with Crippen molar-refractivity contribution in [2.45, 2.75) is 37.8 Å². The molecule has 2 aliphatic rings. The van der Waals surface area contributed by atoms with E-state index in [1.807, 2.05) is 35.2 Å². The Labute approximate surface area is 132 Å². The fraction of sp³-hybridized carbons (Fsp3) is 0.562. The lowest BCUT2D eigenvalue weighted by molar-refractivity contribution is 0.0547. The van der Waals surface area contributed by atoms with Crippen LogP contribution in [0.1, 0.15) is 31.2 Å². The smallest absolute Gasteiger partial charge is 0.410 e. The van der Waals surface area contributed by atoms with E-state index in [4.69, 9.17) is 4.74 Å². The predicted octanol–water partition coefficient (Wildman–Crippen LogP) is 2.96. The summed E-state index contributed by atoms with van der Waals surface area (Å²) in [6.45, 7) is 3.16. The van der Waals surface area contributed by atoms with Crippen molar-refractivity contribution in [1.29, 1.82) is 0 Å². The molecule has 1 spiro atoms. The van der Waals surface area contributed by atoms with Crippen molar-refractivity contribution >= 4 is 18.5 Å². The highest BCUT2D eigenvalue weighted by Crippen LogP contribution is 2.35. The van der Waals surface area contributed by atoms with E-state index in [9.17, 15) is 4.79 Å². The van der Waals surface area contributed by atoms with Gasteiger partial charge in [0.2, 0.25) is 0 Å². The number of halogens is 1. The molecule has 116 valence electrons. The Morgan fingerprint density at radius 1 is 1.24 bits per heavy atom. The van der Waals surface area contributed by atoms with Gasteiger partial charge >= 0.3 is 6.09 Å². The number of carbonyl (C=O) groups is 1. The van der Waals surface area contributed by atoms with Crippen molar-refractivity contribution in [2.24, 2.45) is 0 Å². The first kappa shape index (κ1) is 16.1. The molecule has 2 aliphatic heterocycles. The SMILES string of the molecule is Cl.O=C(OCc1ccccc1)N1CCC[C@@]12CCCNC2. The molecule has 4 nitrogen and oxygen atoms in total. The van der Waals surface area contributed by atoms with Gasteiger partial charge in [0.1, 0.15) is 6.61 Å². The molecule has 0 aliphatic carbocycles. The van der Waals surface area contributed by atoms with Gasteiger partial charge in [0.05, 0.1) is 5.54 Å². The molecule has 1 amide bonds. The summed E-state index contributed by atoms with van der Waals surface area (Å²) < 4.78 is 5.50. The molecule has 2 heterocycles. The van der Waals surface area contributed by atoms with Gasteiger partial charge in [-0.1, -0.05) is 30.3 Å². The zero-order valence-electron chi connectivity index (χ0n) is 12.2. The van der Waals surface area contributed by atoms with Gasteiger partial charge in [-0.3, -0.25) is 0 Å². The number of carbonyl (C=O) groups excluding carboxylic acids is 1. The zero-order chi connectivity index (χ0) is 13.8. The molecule has 21 heavy (non-hydrogen) atoms. The van der Waals surface area contributed by atoms with Gasteiger partial charge in [-0.2, -0.15) is 0 Å². The van der Waals surface area contributed by atoms with Crippen LogP contribution in [0.25, 0.3) is 0 Å². The minimum atomic E-state index is -0.157. The number of rotatable bonds is 2. The van der Waals surface area contributed by atoms with Crippen LogP contribution in [-0.4, -0.2) is 36.2 Å². The molecule has 3 rings (SSSR count). The third-order valence-electron chi connectivity index (χ3n) is 4.47. The highest BCUT2D eigenvalue weighted by molar-refractivity contribution is 5.85. The number of piperidine rings is 1. The molecule has 1 aromatic rings. The zero-order valence-corrected chi connectivity index (χ0v) is 13.0. The second-order valence-electron chi connectivity index (χ2n) is 5.80. The first-order valence-electron chi connectivity index (χ1n) is 7.49. The number of nitrogens with zero attached hydrogens (tertiary/aromatic N) is 1. The first-order chi connectivity index (χ1) is 9.80. The molecule has 0 bridgehead atoms. The van der Waals surface area contributed by atoms with Crippen molar-refractivity contribution < 1.29 is 9.53 Å². The summed E-state index contributed by atoms with van der Waals surface area (Å²) in [4.78, 5) is 14.3. The van der Waals surface area contributed by atoms with Gasteiger partial charge in [-0.05, 0) is 37.8 Å². The summed E-state index contributed by atoms with van der Waals surface area (Å²) in [5.74, 6) is 0. The second-order valence-corrected chi connectivity index (χ2v) is 5.80. The number of hydrogen-bond acceptors (Lipinski definition) is 3. The Kier molecular flexibility index (Phi) is 5.48. The van der Waals surface area contributed by atoms with Gasteiger partial charge in [-0.15, -0.1) is 12.4 Å². The van der Waals surface area contributed by atoms with Crippen LogP contribution in [0, 0.1) is 0 Å². The Hall–Kier alpha value is -1.26. The van der Waals surface area contributed by atoms with E-state index in [1.54, 1.807) is 0 Å². The Morgan fingerprint density at radius 3 is 2.71 bits per heavy atom. The van der Waals surface area contributed by atoms with Crippen LogP contribution in [0.3, 0.4) is 0 Å². The summed E-state index contributed by atoms with van der Waals surface area (Å²) >= 11 is 0. The molecular formula is C16H23ClN2O2. The van der Waals surface area contributed by atoms with Gasteiger partial charge in [-0.25, -0.2) is 4.79 Å². The normalized spacial score (nSPS) is 24.7. The van der Waals surface area contributed by atoms with Crippen LogP contribution in [0.5, 0.6) is 0 Å². The standard InChI is InChI=1S/C16H22N2O2.ClH/c19-15(20-12-14-6-2-1-3-7-14)18-11-5-9-16(18)8-4-10-17-13-16;/h1-3,6-7,17H,4-5,8-13H2;1H/t16-;/m1./s1. The van der Waals surface area contributed by atoms with Gasteiger partial charge in [0.15, 0.2) is 0 Å². The molecule has 0 unspecified atom stereocenters. The monoisotopic (exact) mass is 310 g/mol. The van der Waals surface area contributed by atoms with E-state index < -0.39 is 0 Å². The number of ether oxygens (including phenoxy) is 1. The van der Waals surface area contributed by atoms with Crippen LogP contribution >= 0.6 is 12.4 Å². The maximum absolute atomic E-state index is 12.4. The average molecular weight is 311 g/mol. The van der Waals surface area contributed by atoms with Crippen molar-refractivity contribution in [3.8, 4) is 0 Å². The molecule has 1 atom stereocenters. The average Bonchev–Trinajstić information content (AvgIpc) is 2.90. The second kappa shape index (κ2) is 7.14. The molecule has 1 N–H and O–H groups in total. The molecule has 0 saturated carbocycles. The van der Waals surface area contributed by atoms with E-state index in [2.05, 4.69) is 5.32 Å². The third kappa shape index (κ3) is 3.50. The summed E-state index contributed by atoms with van der Waals surface area (Å²) in [6, 6.07) is 9.86. The Morgan fingerprint density at radius 2 is 2.00 bits per heavy atom. The largest absolute Gasteiger partial charge is 0.445 e. The highest BCUT2D eigenvalue weighted by atomic mass is 35.5. The van der Waals surface area contributed by atoms with Crippen LogP contribution in [0.4, 0.5) is 4.79 Å². The van der Waals surface area contributed by atoms with Crippen molar-refractivity contribution in [1.82, 2.24) is 10.2 Å². The van der Waals surface area contributed by atoms with Crippen molar-refractivity contribution in [3.63, 3.8) is 0 Å². The van der Waals surface area contributed by atoms with Crippen molar-refractivity contribution in [2.75, 3.05) is 19.6 Å². The minimum Gasteiger partial charge on any atom is -0.445 e. The van der Waals surface area contributed by atoms with E-state index in [1.165, 1.54) is 0 Å². The fourth-order valence-corrected chi connectivity index (χ4v) is 3.42. The number of nitrogens with one attached hydrogen (secondary N) is 1. The summed E-state index contributed by atoms with van der Waals surface area (Å²) in [5, 5.41) is 3.43. The molecule has 2 fully saturated rings. The Bertz CT molecular complexity index is 461. The highest BCUT2D eigenvalue weighted by Gasteiger charge is 2.44. The number of benzene rings is 1. The minimum absolute atomic E-state index is 0. The lowest BCUT2D eigenvalue weighted by Gasteiger charge is -2.41. The quantitative estimate of drug-likeness (QED) is 0.913. The van der Waals surface area contributed by atoms with Gasteiger partial charge in [0.25, 0.3) is 0 Å². The van der Waals surface area contributed by atoms with E-state index in [0.29, 0.717) is 6.61 Å². The molecule has 5 heteroatoms. The number of amides is 1.